The van der Waals surface area contributed by atoms with Gasteiger partial charge in [-0.05, 0) is 43.5 Å². The van der Waals surface area contributed by atoms with Gasteiger partial charge in [0.1, 0.15) is 5.60 Å². The van der Waals surface area contributed by atoms with Crippen molar-refractivity contribution in [2.24, 2.45) is 0 Å². The van der Waals surface area contributed by atoms with E-state index in [1.165, 1.54) is 7.41 Å². The van der Waals surface area contributed by atoms with Crippen LogP contribution in [0.5, 0.6) is 0 Å². The van der Waals surface area contributed by atoms with Crippen molar-refractivity contribution >= 4 is 13.6 Å². The molecule has 1 aliphatic heterocycles. The topological polar surface area (TPSA) is 40.5 Å². The summed E-state index contributed by atoms with van der Waals surface area (Å²) in [7, 11) is 1.46. The van der Waals surface area contributed by atoms with E-state index in [1.54, 1.807) is 12.1 Å². The van der Waals surface area contributed by atoms with Crippen LogP contribution in [-0.2, 0) is 16.8 Å². The van der Waals surface area contributed by atoms with E-state index in [0.717, 1.165) is 24.2 Å². The van der Waals surface area contributed by atoms with Crippen molar-refractivity contribution in [1.82, 2.24) is 4.81 Å². The molecule has 3 nitrogen and oxygen atoms in total. The number of hydrogen-bond donors (Lipinski definition) is 1. The predicted octanol–water partition coefficient (Wildman–Crippen LogP) is 1.89. The van der Waals surface area contributed by atoms with E-state index in [2.05, 4.69) is 0 Å². The maximum atomic E-state index is 13.0. The summed E-state index contributed by atoms with van der Waals surface area (Å²) >= 11 is 0. The zero-order valence-corrected chi connectivity index (χ0v) is 11.5. The van der Waals surface area contributed by atoms with Gasteiger partial charge in [0.05, 0.1) is 6.19 Å². The second kappa shape index (κ2) is 5.62. The van der Waals surface area contributed by atoms with E-state index < -0.39 is 12.0 Å². The molecule has 2 rings (SSSR count). The molecule has 0 saturated heterocycles. The lowest BCUT2D eigenvalue weighted by Crippen LogP contribution is -2.40. The summed E-state index contributed by atoms with van der Waals surface area (Å²) in [5, 5.41) is 10.0. The molecule has 1 aromatic carbocycles. The van der Waals surface area contributed by atoms with Crippen molar-refractivity contribution in [3.05, 3.63) is 34.9 Å². The highest BCUT2D eigenvalue weighted by molar-refractivity contribution is 6.64. The Hall–Kier alpha value is -1.27. The molecule has 0 bridgehead atoms. The Labute approximate surface area is 117 Å². The van der Waals surface area contributed by atoms with Crippen molar-refractivity contribution in [2.75, 3.05) is 6.54 Å². The van der Waals surface area contributed by atoms with Crippen LogP contribution in [0.1, 0.15) is 36.6 Å². The smallest absolute Gasteiger partial charge is 0.293 e. The minimum absolute atomic E-state index is 0.0719. The number of alkyl halides is 2. The summed E-state index contributed by atoms with van der Waals surface area (Å²) in [6, 6.07) is 5.01. The van der Waals surface area contributed by atoms with Crippen LogP contribution in [-0.4, -0.2) is 36.5 Å². The van der Waals surface area contributed by atoms with E-state index in [4.69, 9.17) is 0 Å². The van der Waals surface area contributed by atoms with Crippen LogP contribution < -0.4 is 0 Å². The lowest BCUT2D eigenvalue weighted by atomic mass is 9.79. The summed E-state index contributed by atoms with van der Waals surface area (Å²) < 4.78 is 26.1. The number of carbonyl (C=O) groups excluding carboxylic acids is 1. The van der Waals surface area contributed by atoms with Gasteiger partial charge in [0.25, 0.3) is 13.8 Å². The van der Waals surface area contributed by atoms with E-state index >= 15 is 0 Å². The fourth-order valence-corrected chi connectivity index (χ4v) is 2.76. The molecule has 1 unspecified atom stereocenters. The van der Waals surface area contributed by atoms with Gasteiger partial charge in [-0.2, -0.15) is 0 Å². The molecule has 0 aromatic heterocycles. The third-order valence-corrected chi connectivity index (χ3v) is 4.00. The molecule has 2 atom stereocenters. The zero-order chi connectivity index (χ0) is 14.9. The van der Waals surface area contributed by atoms with Crippen LogP contribution in [0.15, 0.2) is 18.2 Å². The number of fused-ring (bicyclic) bond motifs is 1. The molecule has 6 heteroatoms. The number of aliphatic hydroxyl groups is 1. The molecule has 0 saturated carbocycles. The number of carbonyl (C=O) groups is 1. The van der Waals surface area contributed by atoms with E-state index in [1.807, 2.05) is 17.8 Å². The molecule has 1 heterocycles. The number of rotatable bonds is 4. The highest BCUT2D eigenvalue weighted by atomic mass is 19.3. The molecule has 107 valence electrons. The Kier molecular flexibility index (Phi) is 4.25. The molecular formula is C14H17BF2NO2. The Balaban J connectivity index is 2.45. The van der Waals surface area contributed by atoms with Gasteiger partial charge in [-0.15, -0.1) is 0 Å². The van der Waals surface area contributed by atoms with E-state index in [-0.39, 0.29) is 11.6 Å². The van der Waals surface area contributed by atoms with Crippen LogP contribution in [0.2, 0.25) is 0 Å². The van der Waals surface area contributed by atoms with Crippen LogP contribution in [0.25, 0.3) is 0 Å². The standard InChI is InChI=1S/C14H17BF2NO2/c1-9-10-4-3-5-12(14(2,20)13(16)17)11(10)6-7-18(9)15-8-19/h3-5,8-9,13,20H,6-7H2,1-2H3/t9-,14?/m0/s1. The zero-order valence-electron chi connectivity index (χ0n) is 11.5. The number of halogens is 2. The Morgan fingerprint density at radius 1 is 1.55 bits per heavy atom. The van der Waals surface area contributed by atoms with Crippen molar-refractivity contribution in [3.63, 3.8) is 0 Å². The van der Waals surface area contributed by atoms with E-state index in [0.29, 0.717) is 13.0 Å². The van der Waals surface area contributed by atoms with Gasteiger partial charge in [0.2, 0.25) is 0 Å². The molecule has 1 aromatic rings. The van der Waals surface area contributed by atoms with Crippen LogP contribution in [0.3, 0.4) is 0 Å². The SMILES string of the molecule is C[C@H]1c2cccc(C(C)(O)C(F)F)c2CCN1[B]C=O. The third-order valence-electron chi connectivity index (χ3n) is 4.00. The second-order valence-electron chi connectivity index (χ2n) is 5.27. The maximum Gasteiger partial charge on any atom is 0.293 e. The van der Waals surface area contributed by atoms with Gasteiger partial charge < -0.3 is 14.7 Å². The van der Waals surface area contributed by atoms with Crippen LogP contribution in [0.4, 0.5) is 8.78 Å². The summed E-state index contributed by atoms with van der Waals surface area (Å²) in [4.78, 5) is 12.5. The fraction of sp³-hybridized carbons (Fsp3) is 0.500. The van der Waals surface area contributed by atoms with Crippen molar-refractivity contribution in [2.45, 2.75) is 38.3 Å². The largest absolute Gasteiger partial charge is 0.379 e. The number of nitrogens with zero attached hydrogens (tertiary/aromatic N) is 1. The molecule has 1 aliphatic rings. The first-order valence-corrected chi connectivity index (χ1v) is 6.56. The summed E-state index contributed by atoms with van der Waals surface area (Å²) in [5.74, 6) is 0. The molecule has 1 radical (unpaired) electrons. The summed E-state index contributed by atoms with van der Waals surface area (Å²) in [6.07, 6.45) is -1.59. The fourth-order valence-electron chi connectivity index (χ4n) is 2.76. The average Bonchev–Trinajstić information content (AvgIpc) is 2.41. The molecule has 1 N–H and O–H groups in total. The molecular weight excluding hydrogens is 263 g/mol. The normalized spacial score (nSPS) is 22.2. The lowest BCUT2D eigenvalue weighted by molar-refractivity contribution is -0.0890. The maximum absolute atomic E-state index is 13.0. The first-order chi connectivity index (χ1) is 9.39. The highest BCUT2D eigenvalue weighted by Gasteiger charge is 2.38. The first-order valence-electron chi connectivity index (χ1n) is 6.56. The summed E-state index contributed by atoms with van der Waals surface area (Å²) in [5.41, 5.74) is -0.224. The first kappa shape index (κ1) is 15.1. The molecule has 0 fully saturated rings. The van der Waals surface area contributed by atoms with Gasteiger partial charge in [-0.25, -0.2) is 8.78 Å². The Morgan fingerprint density at radius 3 is 2.85 bits per heavy atom. The second-order valence-corrected chi connectivity index (χ2v) is 5.27. The molecule has 20 heavy (non-hydrogen) atoms. The predicted molar refractivity (Wildman–Crippen MR) is 73.3 cm³/mol. The molecule has 0 aliphatic carbocycles. The van der Waals surface area contributed by atoms with Crippen LogP contribution in [0, 0.1) is 0 Å². The molecule has 0 spiro atoms. The van der Waals surface area contributed by atoms with Crippen molar-refractivity contribution < 1.29 is 18.7 Å². The number of benzene rings is 1. The van der Waals surface area contributed by atoms with E-state index in [9.17, 15) is 18.7 Å². The highest BCUT2D eigenvalue weighted by Crippen LogP contribution is 2.37. The lowest BCUT2D eigenvalue weighted by Gasteiger charge is -2.37. The third kappa shape index (κ3) is 2.50. The van der Waals surface area contributed by atoms with Gasteiger partial charge >= 0.3 is 0 Å². The Morgan fingerprint density at radius 2 is 2.25 bits per heavy atom. The van der Waals surface area contributed by atoms with Crippen LogP contribution >= 0.6 is 0 Å². The van der Waals surface area contributed by atoms with Crippen molar-refractivity contribution in [3.8, 4) is 0 Å². The monoisotopic (exact) mass is 280 g/mol. The average molecular weight is 280 g/mol. The van der Waals surface area contributed by atoms with Gasteiger partial charge in [-0.3, -0.25) is 0 Å². The van der Waals surface area contributed by atoms with Crippen molar-refractivity contribution in [1.29, 1.82) is 0 Å². The Bertz CT molecular complexity index is 508. The minimum atomic E-state index is -2.84. The number of hydrogen-bond acceptors (Lipinski definition) is 3. The van der Waals surface area contributed by atoms with Gasteiger partial charge in [0.15, 0.2) is 0 Å². The summed E-state index contributed by atoms with van der Waals surface area (Å²) in [6.45, 7) is 3.63. The minimum Gasteiger partial charge on any atom is -0.379 e. The van der Waals surface area contributed by atoms with Gasteiger partial charge in [-0.1, -0.05) is 18.2 Å². The van der Waals surface area contributed by atoms with Gasteiger partial charge in [0, 0.05) is 6.04 Å². The molecule has 0 amide bonds. The quantitative estimate of drug-likeness (QED) is 0.676.